The summed E-state index contributed by atoms with van der Waals surface area (Å²) < 4.78 is 0. The van der Waals surface area contributed by atoms with Crippen molar-refractivity contribution in [2.75, 3.05) is 19.6 Å². The molecule has 0 saturated heterocycles. The lowest BCUT2D eigenvalue weighted by Gasteiger charge is -2.23. The molecule has 156 valence electrons. The van der Waals surface area contributed by atoms with Gasteiger partial charge in [-0.05, 0) is 24.1 Å². The van der Waals surface area contributed by atoms with Gasteiger partial charge in [0.05, 0.1) is 16.1 Å². The SMILES string of the molecule is O=C(CN1C(=O)c2ccc([N+](=O)[O-])cc2C1=O)N1CCc2[nH]c3ccccc3c2CC1. The molecule has 3 heterocycles. The van der Waals surface area contributed by atoms with Gasteiger partial charge in [-0.1, -0.05) is 18.2 Å². The molecule has 5 rings (SSSR count). The number of nitro groups is 1. The fraction of sp³-hybridized carbons (Fsp3) is 0.227. The number of hydrogen-bond donors (Lipinski definition) is 1. The standard InChI is InChI=1S/C22H18N4O5/c27-20(12-25-21(28)16-6-5-13(26(30)31)11-17(16)22(25)29)24-9-7-15-14-3-1-2-4-18(14)23-19(15)8-10-24/h1-6,11,23H,7-10,12H2. The highest BCUT2D eigenvalue weighted by Gasteiger charge is 2.38. The highest BCUT2D eigenvalue weighted by atomic mass is 16.6. The Morgan fingerprint density at radius 1 is 1.03 bits per heavy atom. The number of aromatic amines is 1. The van der Waals surface area contributed by atoms with Crippen LogP contribution in [0.5, 0.6) is 0 Å². The zero-order valence-electron chi connectivity index (χ0n) is 16.5. The second-order valence-electron chi connectivity index (χ2n) is 7.69. The summed E-state index contributed by atoms with van der Waals surface area (Å²) in [6.07, 6.45) is 1.34. The van der Waals surface area contributed by atoms with Crippen LogP contribution in [0.4, 0.5) is 5.69 Å². The van der Waals surface area contributed by atoms with Crippen molar-refractivity contribution >= 4 is 34.3 Å². The molecule has 0 aliphatic carbocycles. The van der Waals surface area contributed by atoms with Gasteiger partial charge in [0.25, 0.3) is 17.5 Å². The number of nitro benzene ring substituents is 1. The van der Waals surface area contributed by atoms with E-state index < -0.39 is 16.7 Å². The van der Waals surface area contributed by atoms with Gasteiger partial charge in [0, 0.05) is 48.2 Å². The topological polar surface area (TPSA) is 117 Å². The molecule has 2 aromatic carbocycles. The molecule has 0 fully saturated rings. The van der Waals surface area contributed by atoms with E-state index in [0.717, 1.165) is 27.6 Å². The second kappa shape index (κ2) is 7.05. The Kier molecular flexibility index (Phi) is 4.32. The summed E-state index contributed by atoms with van der Waals surface area (Å²) in [5.74, 6) is -1.60. The van der Waals surface area contributed by atoms with E-state index in [2.05, 4.69) is 11.1 Å². The molecule has 0 radical (unpaired) electrons. The number of carbonyl (C=O) groups is 3. The Labute approximate surface area is 176 Å². The number of nitrogens with one attached hydrogen (secondary N) is 1. The van der Waals surface area contributed by atoms with E-state index in [9.17, 15) is 24.5 Å². The molecule has 0 unspecified atom stereocenters. The summed E-state index contributed by atoms with van der Waals surface area (Å²) in [5, 5.41) is 12.1. The normalized spacial score (nSPS) is 15.7. The summed E-state index contributed by atoms with van der Waals surface area (Å²) in [4.78, 5) is 54.5. The van der Waals surface area contributed by atoms with Crippen LogP contribution in [0.2, 0.25) is 0 Å². The molecule has 3 aromatic rings. The van der Waals surface area contributed by atoms with Gasteiger partial charge in [-0.25, -0.2) is 0 Å². The van der Waals surface area contributed by atoms with E-state index in [1.54, 1.807) is 4.90 Å². The Morgan fingerprint density at radius 3 is 2.58 bits per heavy atom. The van der Waals surface area contributed by atoms with Crippen molar-refractivity contribution < 1.29 is 19.3 Å². The van der Waals surface area contributed by atoms with Crippen LogP contribution in [0.3, 0.4) is 0 Å². The molecule has 9 nitrogen and oxygen atoms in total. The highest BCUT2D eigenvalue weighted by Crippen LogP contribution is 2.28. The summed E-state index contributed by atoms with van der Waals surface area (Å²) in [6, 6.07) is 11.6. The van der Waals surface area contributed by atoms with Crippen molar-refractivity contribution in [3.63, 3.8) is 0 Å². The van der Waals surface area contributed by atoms with Crippen LogP contribution in [0, 0.1) is 10.1 Å². The predicted molar refractivity (Wildman–Crippen MR) is 111 cm³/mol. The van der Waals surface area contributed by atoms with E-state index in [-0.39, 0.29) is 29.3 Å². The number of amides is 3. The number of nitrogens with zero attached hydrogens (tertiary/aromatic N) is 3. The summed E-state index contributed by atoms with van der Waals surface area (Å²) in [5.41, 5.74) is 3.15. The molecular formula is C22H18N4O5. The Balaban J connectivity index is 1.32. The van der Waals surface area contributed by atoms with Crippen molar-refractivity contribution in [2.24, 2.45) is 0 Å². The molecule has 0 bridgehead atoms. The predicted octanol–water partition coefficient (Wildman–Crippen LogP) is 2.30. The number of rotatable bonds is 3. The quantitative estimate of drug-likeness (QED) is 0.398. The molecular weight excluding hydrogens is 400 g/mol. The molecule has 9 heteroatoms. The molecule has 0 saturated carbocycles. The third kappa shape index (κ3) is 3.05. The minimum absolute atomic E-state index is 0.0377. The van der Waals surface area contributed by atoms with Gasteiger partial charge in [-0.2, -0.15) is 0 Å². The zero-order valence-corrected chi connectivity index (χ0v) is 16.5. The molecule has 3 amide bonds. The number of non-ortho nitro benzene ring substituents is 1. The fourth-order valence-electron chi connectivity index (χ4n) is 4.38. The van der Waals surface area contributed by atoms with E-state index in [4.69, 9.17) is 0 Å². The maximum Gasteiger partial charge on any atom is 0.270 e. The van der Waals surface area contributed by atoms with Gasteiger partial charge in [0.2, 0.25) is 5.91 Å². The second-order valence-corrected chi connectivity index (χ2v) is 7.69. The van der Waals surface area contributed by atoms with Crippen LogP contribution in [-0.4, -0.2) is 57.1 Å². The Bertz CT molecular complexity index is 1280. The fourth-order valence-corrected chi connectivity index (χ4v) is 4.38. The van der Waals surface area contributed by atoms with E-state index in [1.165, 1.54) is 17.7 Å². The van der Waals surface area contributed by atoms with Gasteiger partial charge in [0.15, 0.2) is 0 Å². The average molecular weight is 418 g/mol. The van der Waals surface area contributed by atoms with E-state index >= 15 is 0 Å². The van der Waals surface area contributed by atoms with Crippen molar-refractivity contribution in [1.29, 1.82) is 0 Å². The van der Waals surface area contributed by atoms with Crippen molar-refractivity contribution in [2.45, 2.75) is 12.8 Å². The first-order valence-electron chi connectivity index (χ1n) is 9.95. The number of benzene rings is 2. The highest BCUT2D eigenvalue weighted by molar-refractivity contribution is 6.22. The van der Waals surface area contributed by atoms with Crippen molar-refractivity contribution in [3.05, 3.63) is 75.0 Å². The number of imide groups is 1. The number of hydrogen-bond acceptors (Lipinski definition) is 5. The van der Waals surface area contributed by atoms with Crippen LogP contribution in [0.25, 0.3) is 10.9 Å². The Hall–Kier alpha value is -4.01. The van der Waals surface area contributed by atoms with E-state index in [1.807, 2.05) is 18.2 Å². The maximum absolute atomic E-state index is 12.9. The number of para-hydroxylation sites is 1. The van der Waals surface area contributed by atoms with Gasteiger partial charge in [0.1, 0.15) is 6.54 Å². The first-order chi connectivity index (χ1) is 14.9. The van der Waals surface area contributed by atoms with Crippen LogP contribution >= 0.6 is 0 Å². The first-order valence-corrected chi connectivity index (χ1v) is 9.95. The average Bonchev–Trinajstić information content (AvgIpc) is 3.13. The maximum atomic E-state index is 12.9. The molecule has 2 aliphatic rings. The number of fused-ring (bicyclic) bond motifs is 4. The molecule has 1 aromatic heterocycles. The monoisotopic (exact) mass is 418 g/mol. The smallest absolute Gasteiger partial charge is 0.270 e. The third-order valence-corrected chi connectivity index (χ3v) is 5.98. The van der Waals surface area contributed by atoms with Crippen LogP contribution in [0.1, 0.15) is 32.0 Å². The minimum atomic E-state index is -0.678. The molecule has 31 heavy (non-hydrogen) atoms. The van der Waals surface area contributed by atoms with Crippen molar-refractivity contribution in [3.8, 4) is 0 Å². The van der Waals surface area contributed by atoms with E-state index in [0.29, 0.717) is 25.9 Å². The van der Waals surface area contributed by atoms with Crippen LogP contribution in [-0.2, 0) is 17.6 Å². The Morgan fingerprint density at radius 2 is 1.77 bits per heavy atom. The summed E-state index contributed by atoms with van der Waals surface area (Å²) in [7, 11) is 0. The molecule has 2 aliphatic heterocycles. The van der Waals surface area contributed by atoms with Crippen LogP contribution in [0.15, 0.2) is 42.5 Å². The summed E-state index contributed by atoms with van der Waals surface area (Å²) >= 11 is 0. The van der Waals surface area contributed by atoms with Gasteiger partial charge in [-0.3, -0.25) is 29.4 Å². The lowest BCUT2D eigenvalue weighted by Crippen LogP contribution is -2.43. The first kappa shape index (κ1) is 19.0. The van der Waals surface area contributed by atoms with Gasteiger partial charge >= 0.3 is 0 Å². The van der Waals surface area contributed by atoms with Crippen molar-refractivity contribution in [1.82, 2.24) is 14.8 Å². The third-order valence-electron chi connectivity index (χ3n) is 5.98. The minimum Gasteiger partial charge on any atom is -0.358 e. The largest absolute Gasteiger partial charge is 0.358 e. The molecule has 0 spiro atoms. The van der Waals surface area contributed by atoms with Gasteiger partial charge in [-0.15, -0.1) is 0 Å². The summed E-state index contributed by atoms with van der Waals surface area (Å²) in [6.45, 7) is 0.588. The van der Waals surface area contributed by atoms with Gasteiger partial charge < -0.3 is 9.88 Å². The number of aromatic nitrogens is 1. The molecule has 0 atom stereocenters. The lowest BCUT2D eigenvalue weighted by molar-refractivity contribution is -0.384. The number of H-pyrrole nitrogens is 1. The number of carbonyl (C=O) groups excluding carboxylic acids is 3. The molecule has 1 N–H and O–H groups in total. The van der Waals surface area contributed by atoms with Crippen LogP contribution < -0.4 is 0 Å². The lowest BCUT2D eigenvalue weighted by atomic mass is 10.1. The zero-order chi connectivity index (χ0) is 21.7.